The van der Waals surface area contributed by atoms with E-state index in [0.29, 0.717) is 13.1 Å². The molecule has 3 rings (SSSR count). The van der Waals surface area contributed by atoms with Crippen LogP contribution >= 0.6 is 15.9 Å². The molecule has 0 aliphatic rings. The van der Waals surface area contributed by atoms with Gasteiger partial charge in [0.2, 0.25) is 5.91 Å². The number of carbonyl (C=O) groups excluding carboxylic acids is 1. The highest BCUT2D eigenvalue weighted by atomic mass is 79.9. The predicted octanol–water partition coefficient (Wildman–Crippen LogP) is 3.92. The lowest BCUT2D eigenvalue weighted by Gasteiger charge is -2.09. The SMILES string of the molecule is CCn1c(=O)n(CCC(=O)Nc2cc(Br)ccc2C)c2ccccc21. The van der Waals surface area contributed by atoms with Gasteiger partial charge in [-0.25, -0.2) is 4.79 Å². The summed E-state index contributed by atoms with van der Waals surface area (Å²) < 4.78 is 4.31. The minimum atomic E-state index is -0.110. The van der Waals surface area contributed by atoms with E-state index >= 15 is 0 Å². The Morgan fingerprint density at radius 2 is 1.80 bits per heavy atom. The number of aromatic nitrogens is 2. The van der Waals surface area contributed by atoms with Gasteiger partial charge in [-0.3, -0.25) is 13.9 Å². The fourth-order valence-corrected chi connectivity index (χ4v) is 3.31. The number of carbonyl (C=O) groups is 1. The quantitative estimate of drug-likeness (QED) is 0.703. The number of benzene rings is 2. The second-order valence-corrected chi connectivity index (χ2v) is 6.84. The first-order valence-corrected chi connectivity index (χ1v) is 9.04. The van der Waals surface area contributed by atoms with Gasteiger partial charge in [-0.1, -0.05) is 34.1 Å². The first-order chi connectivity index (χ1) is 12.0. The molecule has 5 nitrogen and oxygen atoms in total. The summed E-state index contributed by atoms with van der Waals surface area (Å²) in [7, 11) is 0. The topological polar surface area (TPSA) is 56.0 Å². The molecule has 1 heterocycles. The molecule has 1 aromatic heterocycles. The van der Waals surface area contributed by atoms with Gasteiger partial charge in [0, 0.05) is 29.7 Å². The zero-order valence-corrected chi connectivity index (χ0v) is 15.8. The molecule has 0 spiro atoms. The van der Waals surface area contributed by atoms with Crippen LogP contribution in [0.2, 0.25) is 0 Å². The number of nitrogens with one attached hydrogen (secondary N) is 1. The van der Waals surface area contributed by atoms with Crippen LogP contribution in [0.3, 0.4) is 0 Å². The summed E-state index contributed by atoms with van der Waals surface area (Å²) in [5.74, 6) is -0.110. The average molecular weight is 402 g/mol. The Bertz CT molecular complexity index is 988. The summed E-state index contributed by atoms with van der Waals surface area (Å²) in [6, 6.07) is 13.4. The maximum absolute atomic E-state index is 12.6. The molecule has 25 heavy (non-hydrogen) atoms. The van der Waals surface area contributed by atoms with E-state index in [9.17, 15) is 9.59 Å². The summed E-state index contributed by atoms with van der Waals surface area (Å²) in [6.45, 7) is 4.85. The molecular formula is C19H20BrN3O2. The third-order valence-electron chi connectivity index (χ3n) is 4.28. The maximum atomic E-state index is 12.6. The van der Waals surface area contributed by atoms with Gasteiger partial charge in [-0.15, -0.1) is 0 Å². The van der Waals surface area contributed by atoms with Crippen LogP contribution < -0.4 is 11.0 Å². The Morgan fingerprint density at radius 1 is 1.12 bits per heavy atom. The van der Waals surface area contributed by atoms with Crippen LogP contribution in [0.5, 0.6) is 0 Å². The Hall–Kier alpha value is -2.34. The lowest BCUT2D eigenvalue weighted by Crippen LogP contribution is -2.25. The van der Waals surface area contributed by atoms with Crippen LogP contribution in [0.4, 0.5) is 5.69 Å². The van der Waals surface area contributed by atoms with Crippen LogP contribution in [0.25, 0.3) is 11.0 Å². The summed E-state index contributed by atoms with van der Waals surface area (Å²) in [5, 5.41) is 2.92. The van der Waals surface area contributed by atoms with Gasteiger partial charge in [0.1, 0.15) is 0 Å². The molecule has 0 fully saturated rings. The van der Waals surface area contributed by atoms with Crippen molar-refractivity contribution in [1.82, 2.24) is 9.13 Å². The number of hydrogen-bond acceptors (Lipinski definition) is 2. The van der Waals surface area contributed by atoms with E-state index in [1.807, 2.05) is 56.3 Å². The zero-order valence-electron chi connectivity index (χ0n) is 14.3. The van der Waals surface area contributed by atoms with Gasteiger partial charge in [0.05, 0.1) is 11.0 Å². The molecule has 0 bridgehead atoms. The van der Waals surface area contributed by atoms with Crippen LogP contribution in [0.1, 0.15) is 18.9 Å². The first kappa shape index (κ1) is 17.5. The van der Waals surface area contributed by atoms with Crippen molar-refractivity contribution in [2.45, 2.75) is 33.4 Å². The van der Waals surface area contributed by atoms with Crippen molar-refractivity contribution in [3.8, 4) is 0 Å². The second kappa shape index (κ2) is 7.27. The van der Waals surface area contributed by atoms with E-state index in [2.05, 4.69) is 21.2 Å². The third kappa shape index (κ3) is 3.54. The third-order valence-corrected chi connectivity index (χ3v) is 4.77. The molecule has 1 amide bonds. The minimum absolute atomic E-state index is 0.0739. The molecule has 0 radical (unpaired) electrons. The van der Waals surface area contributed by atoms with Crippen molar-refractivity contribution < 1.29 is 4.79 Å². The number of halogens is 1. The lowest BCUT2D eigenvalue weighted by atomic mass is 10.2. The van der Waals surface area contributed by atoms with Crippen molar-refractivity contribution in [2.75, 3.05) is 5.32 Å². The molecular weight excluding hydrogens is 382 g/mol. The summed E-state index contributed by atoms with van der Waals surface area (Å²) in [5.41, 5.74) is 3.47. The Kier molecular flexibility index (Phi) is 5.08. The molecule has 6 heteroatoms. The zero-order chi connectivity index (χ0) is 18.0. The highest BCUT2D eigenvalue weighted by Gasteiger charge is 2.13. The summed E-state index contributed by atoms with van der Waals surface area (Å²) in [4.78, 5) is 24.9. The molecule has 0 aliphatic carbocycles. The molecule has 3 aromatic rings. The van der Waals surface area contributed by atoms with Gasteiger partial charge in [0.15, 0.2) is 0 Å². The molecule has 130 valence electrons. The number of anilines is 1. The standard InChI is InChI=1S/C19H20BrN3O2/c1-3-22-16-6-4-5-7-17(16)23(19(22)25)11-10-18(24)21-15-12-14(20)9-8-13(15)2/h4-9,12H,3,10-11H2,1-2H3,(H,21,24). The predicted molar refractivity (Wildman–Crippen MR) is 104 cm³/mol. The van der Waals surface area contributed by atoms with Gasteiger partial charge in [-0.2, -0.15) is 0 Å². The molecule has 0 atom stereocenters. The first-order valence-electron chi connectivity index (χ1n) is 8.25. The fourth-order valence-electron chi connectivity index (χ4n) is 2.95. The van der Waals surface area contributed by atoms with Crippen molar-refractivity contribution in [2.24, 2.45) is 0 Å². The Balaban J connectivity index is 1.79. The van der Waals surface area contributed by atoms with E-state index in [1.54, 1.807) is 9.13 Å². The normalized spacial score (nSPS) is 11.0. The van der Waals surface area contributed by atoms with E-state index in [4.69, 9.17) is 0 Å². The van der Waals surface area contributed by atoms with Gasteiger partial charge >= 0.3 is 5.69 Å². The summed E-state index contributed by atoms with van der Waals surface area (Å²) in [6.07, 6.45) is 0.240. The van der Waals surface area contributed by atoms with Crippen LogP contribution in [-0.2, 0) is 17.9 Å². The van der Waals surface area contributed by atoms with Crippen molar-refractivity contribution in [3.63, 3.8) is 0 Å². The van der Waals surface area contributed by atoms with Crippen molar-refractivity contribution >= 4 is 38.6 Å². The fraction of sp³-hybridized carbons (Fsp3) is 0.263. The number of aryl methyl sites for hydroxylation is 3. The highest BCUT2D eigenvalue weighted by Crippen LogP contribution is 2.21. The van der Waals surface area contributed by atoms with E-state index < -0.39 is 0 Å². The minimum Gasteiger partial charge on any atom is -0.326 e. The summed E-state index contributed by atoms with van der Waals surface area (Å²) >= 11 is 3.41. The Labute approximate surface area is 154 Å². The van der Waals surface area contributed by atoms with Gasteiger partial charge in [-0.05, 0) is 43.7 Å². The molecule has 1 N–H and O–H groups in total. The van der Waals surface area contributed by atoms with Crippen molar-refractivity contribution in [1.29, 1.82) is 0 Å². The molecule has 0 unspecified atom stereocenters. The van der Waals surface area contributed by atoms with Gasteiger partial charge in [0.25, 0.3) is 0 Å². The van der Waals surface area contributed by atoms with Crippen molar-refractivity contribution in [3.05, 3.63) is 63.0 Å². The molecule has 2 aromatic carbocycles. The highest BCUT2D eigenvalue weighted by molar-refractivity contribution is 9.10. The number of rotatable bonds is 5. The lowest BCUT2D eigenvalue weighted by molar-refractivity contribution is -0.116. The second-order valence-electron chi connectivity index (χ2n) is 5.92. The van der Waals surface area contributed by atoms with Crippen LogP contribution in [0, 0.1) is 6.92 Å². The largest absolute Gasteiger partial charge is 0.329 e. The van der Waals surface area contributed by atoms with Gasteiger partial charge < -0.3 is 5.32 Å². The number of imidazole rings is 1. The number of para-hydroxylation sites is 2. The van der Waals surface area contributed by atoms with Crippen LogP contribution in [0.15, 0.2) is 51.7 Å². The number of hydrogen-bond donors (Lipinski definition) is 1. The Morgan fingerprint density at radius 3 is 2.48 bits per heavy atom. The molecule has 0 saturated carbocycles. The molecule has 0 aliphatic heterocycles. The van der Waals surface area contributed by atoms with E-state index in [0.717, 1.165) is 26.8 Å². The van der Waals surface area contributed by atoms with E-state index in [-0.39, 0.29) is 18.0 Å². The number of amides is 1. The van der Waals surface area contributed by atoms with E-state index in [1.165, 1.54) is 0 Å². The maximum Gasteiger partial charge on any atom is 0.329 e. The monoisotopic (exact) mass is 401 g/mol. The molecule has 0 saturated heterocycles. The number of fused-ring (bicyclic) bond motifs is 1. The number of nitrogens with zero attached hydrogens (tertiary/aromatic N) is 2. The average Bonchev–Trinajstić information content (AvgIpc) is 2.87. The van der Waals surface area contributed by atoms with Crippen LogP contribution in [-0.4, -0.2) is 15.0 Å². The smallest absolute Gasteiger partial charge is 0.326 e.